The molecule has 8 heteroatoms. The van der Waals surface area contributed by atoms with E-state index in [1.807, 2.05) is 4.90 Å². The minimum Gasteiger partial charge on any atom is -0.346 e. The fraction of sp³-hybridized carbons (Fsp3) is 0.500. The molecule has 0 bridgehead atoms. The lowest BCUT2D eigenvalue weighted by Crippen LogP contribution is -2.51. The number of carbonyl (C=O) groups is 2. The van der Waals surface area contributed by atoms with Gasteiger partial charge in [0, 0.05) is 38.6 Å². The quantitative estimate of drug-likeness (QED) is 0.673. The van der Waals surface area contributed by atoms with Gasteiger partial charge in [-0.25, -0.2) is 9.97 Å². The average Bonchev–Trinajstić information content (AvgIpc) is 2.53. The Bertz CT molecular complexity index is 458. The molecule has 3 N–H and O–H groups in total. The minimum atomic E-state index is -0.324. The summed E-state index contributed by atoms with van der Waals surface area (Å²) in [4.78, 5) is 35.0. The topological polar surface area (TPSA) is 104 Å². The molecule has 1 aromatic heterocycles. The van der Waals surface area contributed by atoms with Gasteiger partial charge in [0.2, 0.25) is 17.8 Å². The molecule has 0 unspecified atom stereocenters. The van der Waals surface area contributed by atoms with Crippen LogP contribution >= 0.6 is 0 Å². The number of aromatic nitrogens is 2. The maximum absolute atomic E-state index is 11.9. The van der Waals surface area contributed by atoms with Crippen LogP contribution in [-0.2, 0) is 9.59 Å². The molecule has 20 heavy (non-hydrogen) atoms. The first-order valence-electron chi connectivity index (χ1n) is 6.47. The fourth-order valence-corrected chi connectivity index (χ4v) is 1.97. The van der Waals surface area contributed by atoms with E-state index in [0.29, 0.717) is 32.1 Å². The summed E-state index contributed by atoms with van der Waals surface area (Å²) in [6.45, 7) is 2.44. The maximum Gasteiger partial charge on any atom is 0.242 e. The van der Waals surface area contributed by atoms with Crippen molar-refractivity contribution in [1.82, 2.24) is 20.2 Å². The number of hydrogen-bond acceptors (Lipinski definition) is 6. The summed E-state index contributed by atoms with van der Waals surface area (Å²) >= 11 is 0. The van der Waals surface area contributed by atoms with Crippen molar-refractivity contribution in [3.05, 3.63) is 18.5 Å². The molecule has 2 heterocycles. The first-order chi connectivity index (χ1) is 9.70. The van der Waals surface area contributed by atoms with Gasteiger partial charge in [0.1, 0.15) is 0 Å². The fourth-order valence-electron chi connectivity index (χ4n) is 1.97. The molecule has 1 aliphatic rings. The standard InChI is InChI=1S/C12H18N6O2/c13-8-10(19)16-9-11(20)17-4-6-18(7-5-17)12-14-2-1-3-15-12/h1-3H,4-9,13H2,(H,16,19). The summed E-state index contributed by atoms with van der Waals surface area (Å²) in [5.74, 6) is 0.256. The van der Waals surface area contributed by atoms with Crippen molar-refractivity contribution in [3.8, 4) is 0 Å². The molecular weight excluding hydrogens is 260 g/mol. The highest BCUT2D eigenvalue weighted by molar-refractivity contribution is 5.85. The molecule has 0 saturated carbocycles. The lowest BCUT2D eigenvalue weighted by atomic mass is 10.3. The highest BCUT2D eigenvalue weighted by atomic mass is 16.2. The van der Waals surface area contributed by atoms with Crippen molar-refractivity contribution in [3.63, 3.8) is 0 Å². The zero-order valence-electron chi connectivity index (χ0n) is 11.2. The number of carbonyl (C=O) groups excluding carboxylic acids is 2. The molecule has 1 aromatic rings. The number of hydrogen-bond donors (Lipinski definition) is 2. The largest absolute Gasteiger partial charge is 0.346 e. The molecule has 1 aliphatic heterocycles. The third kappa shape index (κ3) is 3.64. The number of piperazine rings is 1. The normalized spacial score (nSPS) is 15.1. The van der Waals surface area contributed by atoms with Crippen molar-refractivity contribution in [1.29, 1.82) is 0 Å². The van der Waals surface area contributed by atoms with Crippen LogP contribution in [0.5, 0.6) is 0 Å². The monoisotopic (exact) mass is 278 g/mol. The van der Waals surface area contributed by atoms with Gasteiger partial charge in [-0.1, -0.05) is 0 Å². The third-order valence-corrected chi connectivity index (χ3v) is 3.09. The predicted molar refractivity (Wildman–Crippen MR) is 72.9 cm³/mol. The summed E-state index contributed by atoms with van der Waals surface area (Å²) in [7, 11) is 0. The van der Waals surface area contributed by atoms with E-state index in [0.717, 1.165) is 0 Å². The molecular formula is C12H18N6O2. The molecule has 2 rings (SSSR count). The van der Waals surface area contributed by atoms with Crippen LogP contribution in [0.15, 0.2) is 18.5 Å². The number of nitrogens with zero attached hydrogens (tertiary/aromatic N) is 4. The SMILES string of the molecule is NCC(=O)NCC(=O)N1CCN(c2ncccn2)CC1. The Kier molecular flexibility index (Phi) is 4.83. The van der Waals surface area contributed by atoms with Gasteiger partial charge >= 0.3 is 0 Å². The van der Waals surface area contributed by atoms with Crippen LogP contribution in [0.2, 0.25) is 0 Å². The number of anilines is 1. The van der Waals surface area contributed by atoms with Crippen molar-refractivity contribution in [2.75, 3.05) is 44.2 Å². The van der Waals surface area contributed by atoms with Crippen LogP contribution in [-0.4, -0.2) is 66.0 Å². The molecule has 0 aliphatic carbocycles. The number of amides is 2. The maximum atomic E-state index is 11.9. The molecule has 0 radical (unpaired) electrons. The van der Waals surface area contributed by atoms with Crippen molar-refractivity contribution in [2.45, 2.75) is 0 Å². The molecule has 1 saturated heterocycles. The summed E-state index contributed by atoms with van der Waals surface area (Å²) in [5.41, 5.74) is 5.16. The van der Waals surface area contributed by atoms with Crippen molar-refractivity contribution >= 4 is 17.8 Å². The van der Waals surface area contributed by atoms with Crippen LogP contribution in [0.3, 0.4) is 0 Å². The van der Waals surface area contributed by atoms with Gasteiger partial charge in [0.15, 0.2) is 0 Å². The number of nitrogens with one attached hydrogen (secondary N) is 1. The second-order valence-electron chi connectivity index (χ2n) is 4.40. The Morgan fingerprint density at radius 2 is 1.85 bits per heavy atom. The number of nitrogens with two attached hydrogens (primary N) is 1. The van der Waals surface area contributed by atoms with Crippen LogP contribution < -0.4 is 16.0 Å². The van der Waals surface area contributed by atoms with Crippen LogP contribution in [0.25, 0.3) is 0 Å². The molecule has 1 fully saturated rings. The Labute approximate surface area is 117 Å². The summed E-state index contributed by atoms with van der Waals surface area (Å²) in [6, 6.07) is 1.77. The molecule has 8 nitrogen and oxygen atoms in total. The van der Waals surface area contributed by atoms with E-state index in [4.69, 9.17) is 5.73 Å². The Morgan fingerprint density at radius 1 is 1.20 bits per heavy atom. The highest BCUT2D eigenvalue weighted by Crippen LogP contribution is 2.09. The smallest absolute Gasteiger partial charge is 0.242 e. The number of rotatable bonds is 4. The van der Waals surface area contributed by atoms with Gasteiger partial charge < -0.3 is 20.9 Å². The predicted octanol–water partition coefficient (Wildman–Crippen LogP) is -1.80. The lowest BCUT2D eigenvalue weighted by molar-refractivity contribution is -0.132. The summed E-state index contributed by atoms with van der Waals surface area (Å²) in [5, 5.41) is 2.48. The summed E-state index contributed by atoms with van der Waals surface area (Å²) in [6.07, 6.45) is 3.39. The molecule has 0 aromatic carbocycles. The first-order valence-corrected chi connectivity index (χ1v) is 6.47. The lowest BCUT2D eigenvalue weighted by Gasteiger charge is -2.34. The molecule has 108 valence electrons. The van der Waals surface area contributed by atoms with E-state index in [2.05, 4.69) is 15.3 Å². The van der Waals surface area contributed by atoms with Crippen molar-refractivity contribution in [2.24, 2.45) is 5.73 Å². The minimum absolute atomic E-state index is 0.00211. The molecule has 2 amide bonds. The van der Waals surface area contributed by atoms with Gasteiger partial charge in [0.05, 0.1) is 13.1 Å². The average molecular weight is 278 g/mol. The van der Waals surface area contributed by atoms with Gasteiger partial charge in [-0.05, 0) is 6.07 Å². The molecule has 0 spiro atoms. The van der Waals surface area contributed by atoms with E-state index >= 15 is 0 Å². The van der Waals surface area contributed by atoms with E-state index in [1.165, 1.54) is 0 Å². The van der Waals surface area contributed by atoms with E-state index in [-0.39, 0.29) is 24.9 Å². The van der Waals surface area contributed by atoms with E-state index < -0.39 is 0 Å². The van der Waals surface area contributed by atoms with Crippen LogP contribution in [0.4, 0.5) is 5.95 Å². The first kappa shape index (κ1) is 14.2. The second-order valence-corrected chi connectivity index (χ2v) is 4.40. The Hall–Kier alpha value is -2.22. The van der Waals surface area contributed by atoms with Crippen LogP contribution in [0.1, 0.15) is 0 Å². The summed E-state index contributed by atoms with van der Waals surface area (Å²) < 4.78 is 0. The Morgan fingerprint density at radius 3 is 2.45 bits per heavy atom. The van der Waals surface area contributed by atoms with Gasteiger partial charge in [-0.3, -0.25) is 9.59 Å². The van der Waals surface area contributed by atoms with Gasteiger partial charge in [0.25, 0.3) is 0 Å². The second kappa shape index (κ2) is 6.80. The third-order valence-electron chi connectivity index (χ3n) is 3.09. The Balaban J connectivity index is 1.79. The van der Waals surface area contributed by atoms with E-state index in [9.17, 15) is 9.59 Å². The zero-order chi connectivity index (χ0) is 14.4. The molecule has 0 atom stereocenters. The highest BCUT2D eigenvalue weighted by Gasteiger charge is 2.22. The van der Waals surface area contributed by atoms with Crippen molar-refractivity contribution < 1.29 is 9.59 Å². The van der Waals surface area contributed by atoms with Crippen LogP contribution in [0, 0.1) is 0 Å². The zero-order valence-corrected chi connectivity index (χ0v) is 11.2. The van der Waals surface area contributed by atoms with E-state index in [1.54, 1.807) is 23.4 Å². The van der Waals surface area contributed by atoms with Gasteiger partial charge in [-0.15, -0.1) is 0 Å². The van der Waals surface area contributed by atoms with Gasteiger partial charge in [-0.2, -0.15) is 0 Å².